The number of halogens is 1. The lowest BCUT2D eigenvalue weighted by Crippen LogP contribution is -1.80. The van der Waals surface area contributed by atoms with Gasteiger partial charge in [0.1, 0.15) is 0 Å². The number of nitrogens with zero attached hydrogens (tertiary/aromatic N) is 2. The fourth-order valence-corrected chi connectivity index (χ4v) is 1.10. The lowest BCUT2D eigenvalue weighted by Gasteiger charge is -1.91. The van der Waals surface area contributed by atoms with E-state index in [1.54, 1.807) is 12.4 Å². The van der Waals surface area contributed by atoms with Crippen molar-refractivity contribution in [2.45, 2.75) is 5.88 Å². The molecule has 0 radical (unpaired) electrons. The van der Waals surface area contributed by atoms with E-state index in [4.69, 9.17) is 11.6 Å². The molecule has 2 aromatic rings. The summed E-state index contributed by atoms with van der Waals surface area (Å²) in [4.78, 5) is 4.11. The Morgan fingerprint density at radius 3 is 3.18 bits per heavy atom. The molecule has 0 saturated carbocycles. The monoisotopic (exact) mass is 167 g/mol. The van der Waals surface area contributed by atoms with Gasteiger partial charge in [-0.2, -0.15) is 5.10 Å². The molecule has 0 atom stereocenters. The number of alkyl halides is 1. The predicted octanol–water partition coefficient (Wildman–Crippen LogP) is 1.70. The number of pyridine rings is 1. The van der Waals surface area contributed by atoms with Crippen molar-refractivity contribution in [2.75, 3.05) is 0 Å². The average Bonchev–Trinajstić information content (AvgIpc) is 2.50. The maximum Gasteiger partial charge on any atom is 0.155 e. The number of aromatic nitrogens is 3. The standard InChI is InChI=1S/C7H6ClN3/c8-2-5-1-6-4-10-11-7(6)9-3-5/h1,3-4H,2H2,(H,9,10,11). The predicted molar refractivity (Wildman–Crippen MR) is 43.4 cm³/mol. The van der Waals surface area contributed by atoms with Crippen LogP contribution in [0.15, 0.2) is 18.5 Å². The van der Waals surface area contributed by atoms with Crippen LogP contribution in [0, 0.1) is 0 Å². The van der Waals surface area contributed by atoms with Crippen LogP contribution in [0.25, 0.3) is 11.0 Å². The van der Waals surface area contributed by atoms with E-state index in [-0.39, 0.29) is 0 Å². The zero-order valence-corrected chi connectivity index (χ0v) is 6.47. The Kier molecular flexibility index (Phi) is 1.51. The molecule has 0 aliphatic rings. The van der Waals surface area contributed by atoms with E-state index in [0.717, 1.165) is 16.6 Å². The van der Waals surface area contributed by atoms with E-state index in [1.165, 1.54) is 0 Å². The number of nitrogens with one attached hydrogen (secondary N) is 1. The van der Waals surface area contributed by atoms with Crippen LogP contribution < -0.4 is 0 Å². The molecule has 2 aromatic heterocycles. The summed E-state index contributed by atoms with van der Waals surface area (Å²) in [6.07, 6.45) is 3.48. The van der Waals surface area contributed by atoms with Gasteiger partial charge in [0, 0.05) is 17.5 Å². The molecular weight excluding hydrogens is 162 g/mol. The van der Waals surface area contributed by atoms with Gasteiger partial charge in [0.15, 0.2) is 5.65 Å². The summed E-state index contributed by atoms with van der Waals surface area (Å²) in [5.41, 5.74) is 1.82. The molecule has 4 heteroatoms. The Bertz CT molecular complexity index is 368. The summed E-state index contributed by atoms with van der Waals surface area (Å²) in [6.45, 7) is 0. The first-order valence-electron chi connectivity index (χ1n) is 3.24. The van der Waals surface area contributed by atoms with Crippen LogP contribution in [0.5, 0.6) is 0 Å². The maximum absolute atomic E-state index is 5.62. The molecule has 11 heavy (non-hydrogen) atoms. The Balaban J connectivity index is 2.67. The first kappa shape index (κ1) is 6.61. The normalized spacial score (nSPS) is 10.6. The average molecular weight is 168 g/mol. The van der Waals surface area contributed by atoms with Gasteiger partial charge < -0.3 is 0 Å². The van der Waals surface area contributed by atoms with Gasteiger partial charge in [-0.1, -0.05) is 0 Å². The van der Waals surface area contributed by atoms with Gasteiger partial charge in [-0.25, -0.2) is 4.98 Å². The van der Waals surface area contributed by atoms with E-state index >= 15 is 0 Å². The molecule has 0 aliphatic heterocycles. The summed E-state index contributed by atoms with van der Waals surface area (Å²) in [5, 5.41) is 7.62. The number of hydrogen-bond donors (Lipinski definition) is 1. The van der Waals surface area contributed by atoms with Gasteiger partial charge in [0.05, 0.1) is 6.20 Å². The van der Waals surface area contributed by atoms with Gasteiger partial charge in [0.2, 0.25) is 0 Å². The molecule has 1 N–H and O–H groups in total. The Labute approximate surface area is 68.4 Å². The van der Waals surface area contributed by atoms with Gasteiger partial charge in [0.25, 0.3) is 0 Å². The van der Waals surface area contributed by atoms with Crippen LogP contribution in [0.1, 0.15) is 5.56 Å². The summed E-state index contributed by atoms with van der Waals surface area (Å²) >= 11 is 5.62. The molecule has 0 aliphatic carbocycles. The summed E-state index contributed by atoms with van der Waals surface area (Å²) in [6, 6.07) is 1.97. The minimum atomic E-state index is 0.494. The number of hydrogen-bond acceptors (Lipinski definition) is 2. The first-order valence-corrected chi connectivity index (χ1v) is 3.77. The number of aromatic amines is 1. The quantitative estimate of drug-likeness (QED) is 0.657. The summed E-state index contributed by atoms with van der Waals surface area (Å²) in [7, 11) is 0. The molecule has 0 fully saturated rings. The third kappa shape index (κ3) is 1.07. The maximum atomic E-state index is 5.62. The molecule has 0 aromatic carbocycles. The molecular formula is C7H6ClN3. The highest BCUT2D eigenvalue weighted by Crippen LogP contribution is 2.10. The van der Waals surface area contributed by atoms with Gasteiger partial charge >= 0.3 is 0 Å². The molecule has 0 amide bonds. The largest absolute Gasteiger partial charge is 0.261 e. The van der Waals surface area contributed by atoms with E-state index in [9.17, 15) is 0 Å². The molecule has 0 bridgehead atoms. The number of fused-ring (bicyclic) bond motifs is 1. The highest BCUT2D eigenvalue weighted by atomic mass is 35.5. The van der Waals surface area contributed by atoms with Crippen LogP contribution in [0.2, 0.25) is 0 Å². The van der Waals surface area contributed by atoms with Crippen molar-refractivity contribution in [3.8, 4) is 0 Å². The van der Waals surface area contributed by atoms with Crippen molar-refractivity contribution >= 4 is 22.6 Å². The molecule has 3 nitrogen and oxygen atoms in total. The van der Waals surface area contributed by atoms with Crippen LogP contribution in [-0.4, -0.2) is 15.2 Å². The zero-order chi connectivity index (χ0) is 7.68. The fraction of sp³-hybridized carbons (Fsp3) is 0.143. The van der Waals surface area contributed by atoms with E-state index in [1.807, 2.05) is 6.07 Å². The van der Waals surface area contributed by atoms with Gasteiger partial charge in [-0.15, -0.1) is 11.6 Å². The third-order valence-electron chi connectivity index (χ3n) is 1.50. The SMILES string of the molecule is ClCc1cnc2[nH]ncc2c1. The van der Waals surface area contributed by atoms with Crippen LogP contribution >= 0.6 is 11.6 Å². The summed E-state index contributed by atoms with van der Waals surface area (Å²) < 4.78 is 0. The minimum absolute atomic E-state index is 0.494. The van der Waals surface area contributed by atoms with Crippen LogP contribution in [0.4, 0.5) is 0 Å². The van der Waals surface area contributed by atoms with Crippen molar-refractivity contribution in [3.05, 3.63) is 24.0 Å². The molecule has 2 heterocycles. The lowest BCUT2D eigenvalue weighted by molar-refractivity contribution is 1.10. The fourth-order valence-electron chi connectivity index (χ4n) is 0.955. The van der Waals surface area contributed by atoms with E-state index < -0.39 is 0 Å². The molecule has 56 valence electrons. The molecule has 0 spiro atoms. The Morgan fingerprint density at radius 1 is 1.45 bits per heavy atom. The molecule has 2 rings (SSSR count). The topological polar surface area (TPSA) is 41.6 Å². The smallest absolute Gasteiger partial charge is 0.155 e. The lowest BCUT2D eigenvalue weighted by atomic mass is 10.3. The van der Waals surface area contributed by atoms with Crippen molar-refractivity contribution in [3.63, 3.8) is 0 Å². The second kappa shape index (κ2) is 2.51. The van der Waals surface area contributed by atoms with Crippen LogP contribution in [0.3, 0.4) is 0 Å². The van der Waals surface area contributed by atoms with Crippen molar-refractivity contribution in [1.29, 1.82) is 0 Å². The van der Waals surface area contributed by atoms with Crippen molar-refractivity contribution in [2.24, 2.45) is 0 Å². The third-order valence-corrected chi connectivity index (χ3v) is 1.81. The second-order valence-electron chi connectivity index (χ2n) is 2.29. The first-order chi connectivity index (χ1) is 5.40. The number of H-pyrrole nitrogens is 1. The molecule has 0 saturated heterocycles. The number of rotatable bonds is 1. The summed E-state index contributed by atoms with van der Waals surface area (Å²) in [5.74, 6) is 0.494. The molecule has 0 unspecified atom stereocenters. The highest BCUT2D eigenvalue weighted by Gasteiger charge is 1.96. The second-order valence-corrected chi connectivity index (χ2v) is 2.55. The Hall–Kier alpha value is -1.09. The highest BCUT2D eigenvalue weighted by molar-refractivity contribution is 6.17. The van der Waals surface area contributed by atoms with Crippen molar-refractivity contribution < 1.29 is 0 Å². The minimum Gasteiger partial charge on any atom is -0.261 e. The van der Waals surface area contributed by atoms with E-state index in [2.05, 4.69) is 15.2 Å². The van der Waals surface area contributed by atoms with Crippen molar-refractivity contribution in [1.82, 2.24) is 15.2 Å². The zero-order valence-electron chi connectivity index (χ0n) is 5.71. The Morgan fingerprint density at radius 2 is 2.36 bits per heavy atom. The van der Waals surface area contributed by atoms with E-state index in [0.29, 0.717) is 5.88 Å². The van der Waals surface area contributed by atoms with Gasteiger partial charge in [-0.3, -0.25) is 5.10 Å². The van der Waals surface area contributed by atoms with Crippen LogP contribution in [-0.2, 0) is 5.88 Å². The van der Waals surface area contributed by atoms with Gasteiger partial charge in [-0.05, 0) is 11.6 Å².